The van der Waals surface area contributed by atoms with E-state index in [1.807, 2.05) is 13.8 Å². The Labute approximate surface area is 180 Å². The number of hydrogen-bond donors (Lipinski definition) is 1. The highest BCUT2D eigenvalue weighted by Gasteiger charge is 2.40. The molecular weight excluding hydrogens is 411 g/mol. The fourth-order valence-electron chi connectivity index (χ4n) is 4.47. The van der Waals surface area contributed by atoms with Crippen LogP contribution in [0.15, 0.2) is 12.3 Å². The second-order valence-corrected chi connectivity index (χ2v) is 9.08. The lowest BCUT2D eigenvalue weighted by molar-refractivity contribution is -0.175. The molecule has 1 amide bonds. The Bertz CT molecular complexity index is 852. The number of halogens is 3. The van der Waals surface area contributed by atoms with E-state index < -0.39 is 18.1 Å². The number of aromatic carboxylic acids is 1. The summed E-state index contributed by atoms with van der Waals surface area (Å²) in [5, 5.41) is 14.1. The van der Waals surface area contributed by atoms with Crippen LogP contribution in [0.1, 0.15) is 76.1 Å². The van der Waals surface area contributed by atoms with Crippen molar-refractivity contribution in [2.45, 2.75) is 77.9 Å². The molecule has 0 aromatic carbocycles. The van der Waals surface area contributed by atoms with Crippen LogP contribution < -0.4 is 4.90 Å². The number of carbonyl (C=O) groups excluding carboxylic acids is 1. The number of carboxylic acid groups (broad SMARTS) is 1. The van der Waals surface area contributed by atoms with Gasteiger partial charge in [-0.2, -0.15) is 13.2 Å². The van der Waals surface area contributed by atoms with Gasteiger partial charge < -0.3 is 5.11 Å². The van der Waals surface area contributed by atoms with Crippen LogP contribution in [-0.4, -0.2) is 39.0 Å². The predicted molar refractivity (Wildman–Crippen MR) is 111 cm³/mol. The molecule has 1 heterocycles. The van der Waals surface area contributed by atoms with E-state index in [1.54, 1.807) is 0 Å². The number of allylic oxidation sites excluding steroid dienone is 2. The van der Waals surface area contributed by atoms with Gasteiger partial charge in [0.1, 0.15) is 5.56 Å². The second kappa shape index (κ2) is 9.04. The van der Waals surface area contributed by atoms with Crippen LogP contribution in [0, 0.1) is 17.8 Å². The normalized spacial score (nSPS) is 24.7. The van der Waals surface area contributed by atoms with E-state index in [9.17, 15) is 27.9 Å². The van der Waals surface area contributed by atoms with Gasteiger partial charge in [-0.15, -0.1) is 5.10 Å². The molecule has 0 radical (unpaired) electrons. The van der Waals surface area contributed by atoms with Gasteiger partial charge in [0.2, 0.25) is 5.91 Å². The molecule has 172 valence electrons. The fourth-order valence-corrected chi connectivity index (χ4v) is 4.47. The summed E-state index contributed by atoms with van der Waals surface area (Å²) in [5.41, 5.74) is 0.405. The Kier molecular flexibility index (Phi) is 6.81. The molecule has 6 nitrogen and oxygen atoms in total. The van der Waals surface area contributed by atoms with Gasteiger partial charge in [-0.05, 0) is 64.7 Å². The Morgan fingerprint density at radius 2 is 1.84 bits per heavy atom. The van der Waals surface area contributed by atoms with Crippen LogP contribution >= 0.6 is 0 Å². The van der Waals surface area contributed by atoms with Gasteiger partial charge >= 0.3 is 12.1 Å². The van der Waals surface area contributed by atoms with Crippen molar-refractivity contribution in [1.29, 1.82) is 0 Å². The number of rotatable bonds is 5. The molecule has 1 aromatic heterocycles. The van der Waals surface area contributed by atoms with Crippen molar-refractivity contribution in [3.8, 4) is 0 Å². The van der Waals surface area contributed by atoms with Gasteiger partial charge in [0.25, 0.3) is 0 Å². The first kappa shape index (κ1) is 23.3. The molecule has 2 aliphatic rings. The van der Waals surface area contributed by atoms with Crippen LogP contribution in [-0.2, 0) is 4.79 Å². The van der Waals surface area contributed by atoms with Crippen molar-refractivity contribution in [3.63, 3.8) is 0 Å². The maximum Gasteiger partial charge on any atom is 0.392 e. The highest BCUT2D eigenvalue weighted by atomic mass is 19.4. The SMILES string of the molecule is CC1CCC(C(=O)N(c2nn(C3=CCC(C(F)(F)F)CC3)cc2C(=O)O)C(C)C)CC1. The summed E-state index contributed by atoms with van der Waals surface area (Å²) in [6.45, 7) is 5.77. The Hall–Kier alpha value is -2.32. The first-order chi connectivity index (χ1) is 14.5. The number of amides is 1. The number of anilines is 1. The van der Waals surface area contributed by atoms with Crippen molar-refractivity contribution in [3.05, 3.63) is 17.8 Å². The largest absolute Gasteiger partial charge is 0.477 e. The van der Waals surface area contributed by atoms with Crippen molar-refractivity contribution < 1.29 is 27.9 Å². The molecule has 0 saturated heterocycles. The summed E-state index contributed by atoms with van der Waals surface area (Å²) in [6.07, 6.45) is 1.86. The maximum absolute atomic E-state index is 13.3. The number of carbonyl (C=O) groups is 2. The molecule has 3 rings (SSSR count). The monoisotopic (exact) mass is 441 g/mol. The minimum absolute atomic E-state index is 0.0602. The molecule has 1 saturated carbocycles. The lowest BCUT2D eigenvalue weighted by atomic mass is 9.82. The molecule has 0 bridgehead atoms. The Morgan fingerprint density at radius 3 is 2.32 bits per heavy atom. The van der Waals surface area contributed by atoms with Crippen LogP contribution in [0.2, 0.25) is 0 Å². The van der Waals surface area contributed by atoms with Crippen LogP contribution in [0.3, 0.4) is 0 Å². The highest BCUT2D eigenvalue weighted by Crippen LogP contribution is 2.38. The van der Waals surface area contributed by atoms with Gasteiger partial charge in [-0.1, -0.05) is 13.0 Å². The maximum atomic E-state index is 13.3. The number of nitrogens with zero attached hydrogens (tertiary/aromatic N) is 3. The van der Waals surface area contributed by atoms with E-state index in [0.29, 0.717) is 11.6 Å². The van der Waals surface area contributed by atoms with E-state index in [-0.39, 0.29) is 48.5 Å². The molecule has 31 heavy (non-hydrogen) atoms. The second-order valence-electron chi connectivity index (χ2n) is 9.08. The minimum atomic E-state index is -4.25. The first-order valence-electron chi connectivity index (χ1n) is 10.9. The summed E-state index contributed by atoms with van der Waals surface area (Å²) in [5.74, 6) is -2.29. The van der Waals surface area contributed by atoms with E-state index in [4.69, 9.17) is 0 Å². The standard InChI is InChI=1S/C22H30F3N3O3/c1-13(2)28(20(29)15-6-4-14(3)5-7-15)19-18(21(30)31)12-27(26-19)17-10-8-16(9-11-17)22(23,24)25/h10,12-16H,4-9,11H2,1-3H3,(H,30,31). The van der Waals surface area contributed by atoms with Gasteiger partial charge in [0.05, 0.1) is 5.92 Å². The van der Waals surface area contributed by atoms with Gasteiger partial charge in [0, 0.05) is 23.9 Å². The van der Waals surface area contributed by atoms with Crippen molar-refractivity contribution in [1.82, 2.24) is 9.78 Å². The summed E-state index contributed by atoms with van der Waals surface area (Å²) < 4.78 is 40.2. The average Bonchev–Trinajstić information content (AvgIpc) is 3.13. The van der Waals surface area contributed by atoms with Crippen molar-refractivity contribution in [2.24, 2.45) is 17.8 Å². The molecule has 1 N–H and O–H groups in total. The van der Waals surface area contributed by atoms with Crippen LogP contribution in [0.25, 0.3) is 5.70 Å². The smallest absolute Gasteiger partial charge is 0.392 e. The first-order valence-corrected chi connectivity index (χ1v) is 10.9. The lowest BCUT2D eigenvalue weighted by Gasteiger charge is -2.32. The van der Waals surface area contributed by atoms with Gasteiger partial charge in [0.15, 0.2) is 5.82 Å². The number of aromatic nitrogens is 2. The third kappa shape index (κ3) is 5.13. The summed E-state index contributed by atoms with van der Waals surface area (Å²) in [7, 11) is 0. The number of hydrogen-bond acceptors (Lipinski definition) is 3. The molecule has 2 aliphatic carbocycles. The fraction of sp³-hybridized carbons (Fsp3) is 0.682. The highest BCUT2D eigenvalue weighted by molar-refractivity contribution is 6.01. The van der Waals surface area contributed by atoms with Gasteiger partial charge in [-0.3, -0.25) is 9.69 Å². The molecule has 1 aromatic rings. The lowest BCUT2D eigenvalue weighted by Crippen LogP contribution is -2.43. The summed E-state index contributed by atoms with van der Waals surface area (Å²) in [6, 6.07) is -0.303. The van der Waals surface area contributed by atoms with Crippen molar-refractivity contribution in [2.75, 3.05) is 4.90 Å². The summed E-state index contributed by atoms with van der Waals surface area (Å²) in [4.78, 5) is 26.7. The van der Waals surface area contributed by atoms with Crippen LogP contribution in [0.5, 0.6) is 0 Å². The third-order valence-corrected chi connectivity index (χ3v) is 6.42. The Morgan fingerprint density at radius 1 is 1.19 bits per heavy atom. The van der Waals surface area contributed by atoms with E-state index in [0.717, 1.165) is 25.7 Å². The van der Waals surface area contributed by atoms with Gasteiger partial charge in [-0.25, -0.2) is 9.48 Å². The molecule has 1 unspecified atom stereocenters. The minimum Gasteiger partial charge on any atom is -0.477 e. The number of alkyl halides is 3. The third-order valence-electron chi connectivity index (χ3n) is 6.42. The molecule has 0 spiro atoms. The number of carboxylic acids is 1. The van der Waals surface area contributed by atoms with E-state index >= 15 is 0 Å². The van der Waals surface area contributed by atoms with Crippen LogP contribution in [0.4, 0.5) is 19.0 Å². The van der Waals surface area contributed by atoms with E-state index in [1.165, 1.54) is 21.9 Å². The summed E-state index contributed by atoms with van der Waals surface area (Å²) >= 11 is 0. The zero-order valence-corrected chi connectivity index (χ0v) is 18.2. The van der Waals surface area contributed by atoms with E-state index in [2.05, 4.69) is 12.0 Å². The topological polar surface area (TPSA) is 75.4 Å². The Balaban J connectivity index is 1.90. The van der Waals surface area contributed by atoms with Crippen molar-refractivity contribution >= 4 is 23.4 Å². The molecule has 1 atom stereocenters. The molecule has 0 aliphatic heterocycles. The molecule has 9 heteroatoms. The zero-order chi connectivity index (χ0) is 22.9. The quantitative estimate of drug-likeness (QED) is 0.668. The molecule has 1 fully saturated rings. The average molecular weight is 441 g/mol. The predicted octanol–water partition coefficient (Wildman–Crippen LogP) is 5.35. The zero-order valence-electron chi connectivity index (χ0n) is 18.2. The molecular formula is C22H30F3N3O3.